The molecular weight excluding hydrogens is 234 g/mol. The second kappa shape index (κ2) is 5.19. The van der Waals surface area contributed by atoms with Crippen LogP contribution in [0.15, 0.2) is 29.2 Å². The van der Waals surface area contributed by atoms with E-state index in [9.17, 15) is 8.42 Å². The Morgan fingerprint density at radius 3 is 2.12 bits per heavy atom. The van der Waals surface area contributed by atoms with Crippen LogP contribution in [-0.4, -0.2) is 20.7 Å². The van der Waals surface area contributed by atoms with Crippen molar-refractivity contribution in [3.63, 3.8) is 0 Å². The third-order valence-electron chi connectivity index (χ3n) is 2.82. The molecule has 96 valence electrons. The van der Waals surface area contributed by atoms with Crippen molar-refractivity contribution in [3.05, 3.63) is 29.8 Å². The Kier molecular flexibility index (Phi) is 4.33. The molecule has 0 amide bonds. The Hall–Kier alpha value is -0.870. The topological polar surface area (TPSA) is 60.2 Å². The van der Waals surface area contributed by atoms with Crippen LogP contribution in [-0.2, 0) is 16.3 Å². The van der Waals surface area contributed by atoms with Gasteiger partial charge in [0.1, 0.15) is 0 Å². The molecule has 0 saturated heterocycles. The van der Waals surface area contributed by atoms with Crippen LogP contribution in [0.5, 0.6) is 0 Å². The molecule has 3 nitrogen and oxygen atoms in total. The first-order chi connectivity index (χ1) is 7.80. The standard InChI is InChI=1S/C13H21NO2S/c1-4-11-5-7-12(8-6-11)17(15,16)10-13(2,3)9-14/h5-8H,4,9-10,14H2,1-3H3. The van der Waals surface area contributed by atoms with Crippen LogP contribution in [0.3, 0.4) is 0 Å². The quantitative estimate of drug-likeness (QED) is 0.875. The number of benzene rings is 1. The highest BCUT2D eigenvalue weighted by Gasteiger charge is 2.26. The number of sulfone groups is 1. The lowest BCUT2D eigenvalue weighted by Crippen LogP contribution is -2.31. The van der Waals surface area contributed by atoms with Gasteiger partial charge < -0.3 is 5.73 Å². The maximum absolute atomic E-state index is 12.2. The minimum absolute atomic E-state index is 0.0853. The summed E-state index contributed by atoms with van der Waals surface area (Å²) in [4.78, 5) is 0.385. The third-order valence-corrected chi connectivity index (χ3v) is 4.98. The van der Waals surface area contributed by atoms with E-state index in [0.717, 1.165) is 12.0 Å². The summed E-state index contributed by atoms with van der Waals surface area (Å²) < 4.78 is 24.3. The largest absolute Gasteiger partial charge is 0.330 e. The summed E-state index contributed by atoms with van der Waals surface area (Å²) in [6.07, 6.45) is 0.911. The van der Waals surface area contributed by atoms with Gasteiger partial charge in [0.05, 0.1) is 10.6 Å². The highest BCUT2D eigenvalue weighted by molar-refractivity contribution is 7.91. The smallest absolute Gasteiger partial charge is 0.178 e. The van der Waals surface area contributed by atoms with Crippen LogP contribution in [0.4, 0.5) is 0 Å². The third kappa shape index (κ3) is 3.82. The minimum Gasteiger partial charge on any atom is -0.330 e. The second-order valence-electron chi connectivity index (χ2n) is 5.12. The van der Waals surface area contributed by atoms with E-state index in [2.05, 4.69) is 0 Å². The van der Waals surface area contributed by atoms with Crippen LogP contribution in [0, 0.1) is 5.41 Å². The zero-order valence-electron chi connectivity index (χ0n) is 10.7. The maximum Gasteiger partial charge on any atom is 0.178 e. The first kappa shape index (κ1) is 14.2. The highest BCUT2D eigenvalue weighted by atomic mass is 32.2. The first-order valence-electron chi connectivity index (χ1n) is 5.82. The molecule has 1 aromatic rings. The molecule has 1 rings (SSSR count). The van der Waals surface area contributed by atoms with E-state index in [1.165, 1.54) is 0 Å². The Labute approximate surface area is 104 Å². The van der Waals surface area contributed by atoms with Gasteiger partial charge in [-0.2, -0.15) is 0 Å². The molecule has 0 aliphatic heterocycles. The lowest BCUT2D eigenvalue weighted by molar-refractivity contribution is 0.425. The van der Waals surface area contributed by atoms with Crippen LogP contribution in [0.2, 0.25) is 0 Å². The second-order valence-corrected chi connectivity index (χ2v) is 7.11. The molecule has 0 spiro atoms. The van der Waals surface area contributed by atoms with E-state index >= 15 is 0 Å². The molecular formula is C13H21NO2S. The monoisotopic (exact) mass is 255 g/mol. The van der Waals surface area contributed by atoms with Crippen molar-refractivity contribution in [1.29, 1.82) is 0 Å². The summed E-state index contributed by atoms with van der Waals surface area (Å²) in [6, 6.07) is 7.09. The molecule has 0 bridgehead atoms. The molecule has 2 N–H and O–H groups in total. The van der Waals surface area contributed by atoms with Gasteiger partial charge in [-0.3, -0.25) is 0 Å². The lowest BCUT2D eigenvalue weighted by Gasteiger charge is -2.21. The molecule has 0 saturated carbocycles. The van der Waals surface area contributed by atoms with E-state index in [1.54, 1.807) is 12.1 Å². The molecule has 0 atom stereocenters. The highest BCUT2D eigenvalue weighted by Crippen LogP contribution is 2.22. The van der Waals surface area contributed by atoms with Crippen molar-refractivity contribution in [2.75, 3.05) is 12.3 Å². The molecule has 0 fully saturated rings. The van der Waals surface area contributed by atoms with Crippen molar-refractivity contribution in [3.8, 4) is 0 Å². The fraction of sp³-hybridized carbons (Fsp3) is 0.538. The Morgan fingerprint density at radius 1 is 1.18 bits per heavy atom. The van der Waals surface area contributed by atoms with Gasteiger partial charge in [0, 0.05) is 0 Å². The van der Waals surface area contributed by atoms with Gasteiger partial charge in [0.15, 0.2) is 9.84 Å². The van der Waals surface area contributed by atoms with Gasteiger partial charge in [-0.15, -0.1) is 0 Å². The van der Waals surface area contributed by atoms with Gasteiger partial charge >= 0.3 is 0 Å². The number of hydrogen-bond donors (Lipinski definition) is 1. The summed E-state index contributed by atoms with van der Waals surface area (Å²) >= 11 is 0. The molecule has 4 heteroatoms. The van der Waals surface area contributed by atoms with Crippen LogP contribution in [0.25, 0.3) is 0 Å². The molecule has 17 heavy (non-hydrogen) atoms. The number of aryl methyl sites for hydroxylation is 1. The zero-order valence-corrected chi connectivity index (χ0v) is 11.5. The number of hydrogen-bond acceptors (Lipinski definition) is 3. The van der Waals surface area contributed by atoms with Gasteiger partial charge in [-0.1, -0.05) is 32.9 Å². The molecule has 0 unspecified atom stereocenters. The summed E-state index contributed by atoms with van der Waals surface area (Å²) in [5.74, 6) is 0.0853. The van der Waals surface area contributed by atoms with Crippen molar-refractivity contribution in [2.45, 2.75) is 32.1 Å². The average Bonchev–Trinajstić information content (AvgIpc) is 2.28. The van der Waals surface area contributed by atoms with E-state index < -0.39 is 9.84 Å². The Morgan fingerprint density at radius 2 is 1.71 bits per heavy atom. The Balaban J connectivity index is 2.97. The zero-order chi connectivity index (χ0) is 13.1. The normalized spacial score (nSPS) is 12.7. The van der Waals surface area contributed by atoms with E-state index in [0.29, 0.717) is 11.4 Å². The summed E-state index contributed by atoms with van der Waals surface area (Å²) in [5.41, 5.74) is 6.33. The van der Waals surface area contributed by atoms with Crippen molar-refractivity contribution < 1.29 is 8.42 Å². The Bertz CT molecular complexity index is 461. The molecule has 0 aliphatic carbocycles. The first-order valence-corrected chi connectivity index (χ1v) is 7.48. The predicted octanol–water partition coefficient (Wildman–Crippen LogP) is 2.01. The van der Waals surface area contributed by atoms with Crippen molar-refractivity contribution >= 4 is 9.84 Å². The van der Waals surface area contributed by atoms with Crippen molar-refractivity contribution in [1.82, 2.24) is 0 Å². The van der Waals surface area contributed by atoms with Crippen LogP contribution >= 0.6 is 0 Å². The number of nitrogens with two attached hydrogens (primary N) is 1. The summed E-state index contributed by atoms with van der Waals surface area (Å²) in [6.45, 7) is 6.14. The van der Waals surface area contributed by atoms with Gasteiger partial charge in [0.25, 0.3) is 0 Å². The van der Waals surface area contributed by atoms with E-state index in [-0.39, 0.29) is 11.2 Å². The van der Waals surface area contributed by atoms with Crippen LogP contribution in [0.1, 0.15) is 26.3 Å². The van der Waals surface area contributed by atoms with Crippen molar-refractivity contribution in [2.24, 2.45) is 11.1 Å². The molecule has 0 aliphatic rings. The van der Waals surface area contributed by atoms with E-state index in [4.69, 9.17) is 5.73 Å². The average molecular weight is 255 g/mol. The van der Waals surface area contributed by atoms with Gasteiger partial charge in [-0.05, 0) is 36.1 Å². The van der Waals surface area contributed by atoms with Crippen LogP contribution < -0.4 is 5.73 Å². The SMILES string of the molecule is CCc1ccc(S(=O)(=O)CC(C)(C)CN)cc1. The molecule has 0 radical (unpaired) electrons. The minimum atomic E-state index is -3.24. The summed E-state index contributed by atoms with van der Waals surface area (Å²) in [5, 5.41) is 0. The lowest BCUT2D eigenvalue weighted by atomic mass is 9.97. The molecule has 0 heterocycles. The summed E-state index contributed by atoms with van der Waals surface area (Å²) in [7, 11) is -3.24. The predicted molar refractivity (Wildman–Crippen MR) is 70.7 cm³/mol. The van der Waals surface area contributed by atoms with Gasteiger partial charge in [0.2, 0.25) is 0 Å². The van der Waals surface area contributed by atoms with E-state index in [1.807, 2.05) is 32.9 Å². The fourth-order valence-electron chi connectivity index (χ4n) is 1.59. The fourth-order valence-corrected chi connectivity index (χ4v) is 3.45. The van der Waals surface area contributed by atoms with Gasteiger partial charge in [-0.25, -0.2) is 8.42 Å². The molecule has 1 aromatic carbocycles. The number of rotatable bonds is 5. The maximum atomic E-state index is 12.2. The molecule has 0 aromatic heterocycles.